The van der Waals surface area contributed by atoms with Gasteiger partial charge in [-0.15, -0.1) is 0 Å². The highest BCUT2D eigenvalue weighted by Gasteiger charge is 2.31. The highest BCUT2D eigenvalue weighted by molar-refractivity contribution is 4.85. The van der Waals surface area contributed by atoms with Gasteiger partial charge in [-0.1, -0.05) is 26.2 Å². The van der Waals surface area contributed by atoms with Crippen molar-refractivity contribution < 1.29 is 4.74 Å². The Kier molecular flexibility index (Phi) is 6.62. The SMILES string of the molecule is CCC1CCCCC1N1CCC(OCCCN)CC1. The summed E-state index contributed by atoms with van der Waals surface area (Å²) in [6.07, 6.45) is 11.1. The van der Waals surface area contributed by atoms with Gasteiger partial charge in [-0.3, -0.25) is 4.90 Å². The molecule has 0 bridgehead atoms. The summed E-state index contributed by atoms with van der Waals surface area (Å²) in [5, 5.41) is 0. The molecule has 0 aromatic rings. The number of hydrogen-bond acceptors (Lipinski definition) is 3. The molecule has 2 rings (SSSR count). The maximum Gasteiger partial charge on any atom is 0.0599 e. The van der Waals surface area contributed by atoms with E-state index < -0.39 is 0 Å². The number of piperidine rings is 1. The minimum Gasteiger partial charge on any atom is -0.378 e. The zero-order valence-electron chi connectivity index (χ0n) is 12.7. The number of hydrogen-bond donors (Lipinski definition) is 1. The van der Waals surface area contributed by atoms with Crippen molar-refractivity contribution >= 4 is 0 Å². The van der Waals surface area contributed by atoms with E-state index in [1.165, 1.54) is 58.0 Å². The zero-order chi connectivity index (χ0) is 13.5. The van der Waals surface area contributed by atoms with E-state index in [-0.39, 0.29) is 0 Å². The van der Waals surface area contributed by atoms with Crippen molar-refractivity contribution in [2.45, 2.75) is 70.4 Å². The predicted molar refractivity (Wildman–Crippen MR) is 80.3 cm³/mol. The number of nitrogens with two attached hydrogens (primary N) is 1. The van der Waals surface area contributed by atoms with Crippen molar-refractivity contribution in [2.75, 3.05) is 26.2 Å². The Morgan fingerprint density at radius 3 is 2.53 bits per heavy atom. The Labute approximate surface area is 118 Å². The van der Waals surface area contributed by atoms with Crippen LogP contribution in [0.5, 0.6) is 0 Å². The number of likely N-dealkylation sites (tertiary alicyclic amines) is 1. The van der Waals surface area contributed by atoms with Crippen molar-refractivity contribution in [3.8, 4) is 0 Å². The first-order valence-corrected chi connectivity index (χ1v) is 8.40. The van der Waals surface area contributed by atoms with E-state index in [0.29, 0.717) is 6.10 Å². The third-order valence-electron chi connectivity index (χ3n) is 5.04. The molecular weight excluding hydrogens is 236 g/mol. The molecule has 3 nitrogen and oxygen atoms in total. The third-order valence-corrected chi connectivity index (χ3v) is 5.04. The quantitative estimate of drug-likeness (QED) is 0.753. The van der Waals surface area contributed by atoms with Crippen LogP contribution < -0.4 is 5.73 Å². The Morgan fingerprint density at radius 1 is 1.11 bits per heavy atom. The van der Waals surface area contributed by atoms with Gasteiger partial charge in [-0.2, -0.15) is 0 Å². The van der Waals surface area contributed by atoms with E-state index in [2.05, 4.69) is 11.8 Å². The standard InChI is InChI=1S/C16H32N2O/c1-2-14-6-3-4-7-16(14)18-11-8-15(9-12-18)19-13-5-10-17/h14-16H,2-13,17H2,1H3. The summed E-state index contributed by atoms with van der Waals surface area (Å²) in [6, 6.07) is 0.865. The molecule has 2 N–H and O–H groups in total. The van der Waals surface area contributed by atoms with Crippen LogP contribution >= 0.6 is 0 Å². The lowest BCUT2D eigenvalue weighted by Gasteiger charge is -2.43. The van der Waals surface area contributed by atoms with E-state index in [4.69, 9.17) is 10.5 Å². The van der Waals surface area contributed by atoms with Crippen LogP contribution in [0.2, 0.25) is 0 Å². The lowest BCUT2D eigenvalue weighted by molar-refractivity contribution is -0.0151. The van der Waals surface area contributed by atoms with Crippen molar-refractivity contribution in [3.63, 3.8) is 0 Å². The topological polar surface area (TPSA) is 38.5 Å². The first-order valence-electron chi connectivity index (χ1n) is 8.40. The molecule has 2 aliphatic rings. The minimum absolute atomic E-state index is 0.492. The average molecular weight is 268 g/mol. The summed E-state index contributed by atoms with van der Waals surface area (Å²) in [6.45, 7) is 6.45. The molecular formula is C16H32N2O. The fourth-order valence-electron chi connectivity index (χ4n) is 3.85. The van der Waals surface area contributed by atoms with Crippen molar-refractivity contribution in [1.29, 1.82) is 0 Å². The van der Waals surface area contributed by atoms with Crippen LogP contribution in [0.15, 0.2) is 0 Å². The van der Waals surface area contributed by atoms with Crippen LogP contribution in [-0.2, 0) is 4.74 Å². The number of rotatable bonds is 6. The maximum absolute atomic E-state index is 5.91. The molecule has 2 fully saturated rings. The third kappa shape index (κ3) is 4.44. The molecule has 2 atom stereocenters. The van der Waals surface area contributed by atoms with Crippen LogP contribution in [0.3, 0.4) is 0 Å². The summed E-state index contributed by atoms with van der Waals surface area (Å²) in [5.74, 6) is 0.948. The van der Waals surface area contributed by atoms with Crippen LogP contribution in [0.25, 0.3) is 0 Å². The normalized spacial score (nSPS) is 30.6. The van der Waals surface area contributed by atoms with Gasteiger partial charge in [-0.25, -0.2) is 0 Å². The van der Waals surface area contributed by atoms with Crippen molar-refractivity contribution in [2.24, 2.45) is 11.7 Å². The molecule has 1 aliphatic heterocycles. The van der Waals surface area contributed by atoms with Crippen LogP contribution in [0, 0.1) is 5.92 Å². The molecule has 0 aromatic carbocycles. The van der Waals surface area contributed by atoms with Gasteiger partial charge in [0.05, 0.1) is 6.10 Å². The average Bonchev–Trinajstić information content (AvgIpc) is 2.48. The summed E-state index contributed by atoms with van der Waals surface area (Å²) in [5.41, 5.74) is 5.51. The second-order valence-electron chi connectivity index (χ2n) is 6.27. The summed E-state index contributed by atoms with van der Waals surface area (Å²) in [7, 11) is 0. The second-order valence-corrected chi connectivity index (χ2v) is 6.27. The fourth-order valence-corrected chi connectivity index (χ4v) is 3.85. The lowest BCUT2D eigenvalue weighted by atomic mass is 9.81. The molecule has 0 aromatic heterocycles. The van der Waals surface area contributed by atoms with Crippen LogP contribution in [0.4, 0.5) is 0 Å². The molecule has 0 amide bonds. The minimum atomic E-state index is 0.492. The Balaban J connectivity index is 1.72. The molecule has 0 radical (unpaired) electrons. The molecule has 0 spiro atoms. The van der Waals surface area contributed by atoms with Gasteiger partial charge < -0.3 is 10.5 Å². The van der Waals surface area contributed by atoms with E-state index in [9.17, 15) is 0 Å². The Bertz CT molecular complexity index is 239. The molecule has 3 heteroatoms. The van der Waals surface area contributed by atoms with Gasteiger partial charge in [0.1, 0.15) is 0 Å². The Hall–Kier alpha value is -0.120. The largest absolute Gasteiger partial charge is 0.378 e. The van der Waals surface area contributed by atoms with E-state index in [0.717, 1.165) is 31.5 Å². The zero-order valence-corrected chi connectivity index (χ0v) is 12.7. The van der Waals surface area contributed by atoms with Gasteiger partial charge in [0.25, 0.3) is 0 Å². The smallest absolute Gasteiger partial charge is 0.0599 e. The van der Waals surface area contributed by atoms with Crippen LogP contribution in [0.1, 0.15) is 58.3 Å². The molecule has 19 heavy (non-hydrogen) atoms. The molecule has 112 valence electrons. The maximum atomic E-state index is 5.91. The second kappa shape index (κ2) is 8.23. The van der Waals surface area contributed by atoms with Gasteiger partial charge in [-0.05, 0) is 44.6 Å². The van der Waals surface area contributed by atoms with E-state index in [1.54, 1.807) is 0 Å². The molecule has 1 aliphatic carbocycles. The summed E-state index contributed by atoms with van der Waals surface area (Å²) >= 11 is 0. The van der Waals surface area contributed by atoms with E-state index in [1.807, 2.05) is 0 Å². The first-order chi connectivity index (χ1) is 9.35. The number of nitrogens with zero attached hydrogens (tertiary/aromatic N) is 1. The summed E-state index contributed by atoms with van der Waals surface area (Å²) in [4.78, 5) is 2.76. The highest BCUT2D eigenvalue weighted by atomic mass is 16.5. The number of ether oxygens (including phenoxy) is 1. The Morgan fingerprint density at radius 2 is 1.84 bits per heavy atom. The highest BCUT2D eigenvalue weighted by Crippen LogP contribution is 2.32. The van der Waals surface area contributed by atoms with Crippen molar-refractivity contribution in [3.05, 3.63) is 0 Å². The van der Waals surface area contributed by atoms with Gasteiger partial charge in [0, 0.05) is 25.7 Å². The first kappa shape index (κ1) is 15.3. The molecule has 1 saturated heterocycles. The predicted octanol–water partition coefficient (Wildman–Crippen LogP) is 2.79. The monoisotopic (exact) mass is 268 g/mol. The summed E-state index contributed by atoms with van der Waals surface area (Å²) < 4.78 is 5.91. The van der Waals surface area contributed by atoms with Gasteiger partial charge in [0.2, 0.25) is 0 Å². The molecule has 2 unspecified atom stereocenters. The molecule has 1 saturated carbocycles. The van der Waals surface area contributed by atoms with Gasteiger partial charge >= 0.3 is 0 Å². The van der Waals surface area contributed by atoms with E-state index >= 15 is 0 Å². The van der Waals surface area contributed by atoms with Crippen LogP contribution in [-0.4, -0.2) is 43.3 Å². The van der Waals surface area contributed by atoms with Gasteiger partial charge in [0.15, 0.2) is 0 Å². The van der Waals surface area contributed by atoms with Crippen molar-refractivity contribution in [1.82, 2.24) is 4.90 Å². The fraction of sp³-hybridized carbons (Fsp3) is 1.00. The molecule has 1 heterocycles. The lowest BCUT2D eigenvalue weighted by Crippen LogP contribution is -2.47.